The summed E-state index contributed by atoms with van der Waals surface area (Å²) in [6.07, 6.45) is 0.565. The second kappa shape index (κ2) is 3.92. The Morgan fingerprint density at radius 2 is 1.79 bits per heavy atom. The monoisotopic (exact) mass is 212 g/mol. The molecule has 0 N–H and O–H groups in total. The van der Waals surface area contributed by atoms with Crippen LogP contribution in [0.25, 0.3) is 0 Å². The molecule has 0 fully saturated rings. The molecule has 1 aromatic carbocycles. The van der Waals surface area contributed by atoms with Crippen LogP contribution in [0, 0.1) is 0 Å². The first-order valence-corrected chi connectivity index (χ1v) is 5.83. The molecular weight excluding hydrogens is 200 g/mol. The van der Waals surface area contributed by atoms with Crippen LogP contribution in [-0.2, 0) is 9.84 Å². The summed E-state index contributed by atoms with van der Waals surface area (Å²) < 4.78 is 23.5. The SMILES string of the molecule is CC(C)S(=O)(=O)c1ccccc1C=O. The maximum atomic E-state index is 11.8. The minimum atomic E-state index is -3.35. The quantitative estimate of drug-likeness (QED) is 0.716. The van der Waals surface area contributed by atoms with E-state index in [4.69, 9.17) is 0 Å². The van der Waals surface area contributed by atoms with Crippen molar-refractivity contribution in [3.8, 4) is 0 Å². The smallest absolute Gasteiger partial charge is 0.181 e. The van der Waals surface area contributed by atoms with E-state index in [9.17, 15) is 13.2 Å². The second-order valence-electron chi connectivity index (χ2n) is 3.25. The Bertz CT molecular complexity index is 432. The van der Waals surface area contributed by atoms with E-state index in [1.165, 1.54) is 12.1 Å². The highest BCUT2D eigenvalue weighted by Gasteiger charge is 2.21. The van der Waals surface area contributed by atoms with Gasteiger partial charge in [-0.15, -0.1) is 0 Å². The van der Waals surface area contributed by atoms with E-state index in [-0.39, 0.29) is 10.5 Å². The minimum Gasteiger partial charge on any atom is -0.298 e. The van der Waals surface area contributed by atoms with Crippen molar-refractivity contribution in [2.24, 2.45) is 0 Å². The molecule has 0 aliphatic carbocycles. The third kappa shape index (κ3) is 1.85. The number of rotatable bonds is 3. The van der Waals surface area contributed by atoms with Crippen molar-refractivity contribution in [3.63, 3.8) is 0 Å². The van der Waals surface area contributed by atoms with Crippen molar-refractivity contribution in [1.29, 1.82) is 0 Å². The third-order valence-electron chi connectivity index (χ3n) is 1.97. The van der Waals surface area contributed by atoms with Crippen LogP contribution in [-0.4, -0.2) is 20.0 Å². The summed E-state index contributed by atoms with van der Waals surface area (Å²) in [5.41, 5.74) is 0.223. The number of carbonyl (C=O) groups is 1. The zero-order valence-electron chi connectivity index (χ0n) is 8.10. The van der Waals surface area contributed by atoms with Crippen molar-refractivity contribution < 1.29 is 13.2 Å². The number of hydrogen-bond acceptors (Lipinski definition) is 3. The zero-order chi connectivity index (χ0) is 10.8. The summed E-state index contributed by atoms with van der Waals surface area (Å²) in [6.45, 7) is 3.19. The van der Waals surface area contributed by atoms with Gasteiger partial charge in [0.1, 0.15) is 0 Å². The first kappa shape index (κ1) is 10.9. The van der Waals surface area contributed by atoms with E-state index >= 15 is 0 Å². The Hall–Kier alpha value is -1.16. The van der Waals surface area contributed by atoms with Crippen LogP contribution in [0.4, 0.5) is 0 Å². The van der Waals surface area contributed by atoms with Crippen molar-refractivity contribution >= 4 is 16.1 Å². The number of hydrogen-bond donors (Lipinski definition) is 0. The summed E-state index contributed by atoms with van der Waals surface area (Å²) in [5.74, 6) is 0. The lowest BCUT2D eigenvalue weighted by atomic mass is 10.2. The number of carbonyl (C=O) groups excluding carboxylic acids is 1. The predicted octanol–water partition coefficient (Wildman–Crippen LogP) is 1.68. The molecule has 0 saturated carbocycles. The average molecular weight is 212 g/mol. The molecule has 0 radical (unpaired) electrons. The molecule has 76 valence electrons. The third-order valence-corrected chi connectivity index (χ3v) is 4.20. The average Bonchev–Trinajstić information content (AvgIpc) is 2.17. The molecule has 0 aromatic heterocycles. The van der Waals surface area contributed by atoms with Crippen LogP contribution >= 0.6 is 0 Å². The summed E-state index contributed by atoms with van der Waals surface area (Å²) >= 11 is 0. The lowest BCUT2D eigenvalue weighted by Gasteiger charge is -2.09. The van der Waals surface area contributed by atoms with Crippen molar-refractivity contribution in [3.05, 3.63) is 29.8 Å². The van der Waals surface area contributed by atoms with Gasteiger partial charge < -0.3 is 0 Å². The van der Waals surface area contributed by atoms with Crippen LogP contribution < -0.4 is 0 Å². The fourth-order valence-corrected chi connectivity index (χ4v) is 2.31. The van der Waals surface area contributed by atoms with Gasteiger partial charge in [0.15, 0.2) is 16.1 Å². The van der Waals surface area contributed by atoms with Gasteiger partial charge in [0.2, 0.25) is 0 Å². The van der Waals surface area contributed by atoms with Crippen LogP contribution in [0.5, 0.6) is 0 Å². The predicted molar refractivity (Wildman–Crippen MR) is 54.2 cm³/mol. The second-order valence-corrected chi connectivity index (χ2v) is 5.72. The van der Waals surface area contributed by atoms with Crippen LogP contribution in [0.3, 0.4) is 0 Å². The highest BCUT2D eigenvalue weighted by Crippen LogP contribution is 2.18. The lowest BCUT2D eigenvalue weighted by molar-refractivity contribution is 0.112. The van der Waals surface area contributed by atoms with Crippen molar-refractivity contribution in [2.45, 2.75) is 24.0 Å². The lowest BCUT2D eigenvalue weighted by Crippen LogP contribution is -2.15. The van der Waals surface area contributed by atoms with E-state index in [1.807, 2.05) is 0 Å². The molecule has 0 aliphatic rings. The molecule has 0 unspecified atom stereocenters. The van der Waals surface area contributed by atoms with Gasteiger partial charge in [-0.3, -0.25) is 4.79 Å². The summed E-state index contributed by atoms with van der Waals surface area (Å²) in [7, 11) is -3.35. The Balaban J connectivity index is 3.40. The number of sulfone groups is 1. The van der Waals surface area contributed by atoms with Gasteiger partial charge in [-0.25, -0.2) is 8.42 Å². The Morgan fingerprint density at radius 1 is 1.21 bits per heavy atom. The largest absolute Gasteiger partial charge is 0.298 e. The van der Waals surface area contributed by atoms with Crippen LogP contribution in [0.15, 0.2) is 29.2 Å². The number of aldehydes is 1. The van der Waals surface area contributed by atoms with Gasteiger partial charge in [-0.2, -0.15) is 0 Å². The first-order valence-electron chi connectivity index (χ1n) is 4.28. The fourth-order valence-electron chi connectivity index (χ4n) is 1.09. The van der Waals surface area contributed by atoms with Gasteiger partial charge in [0, 0.05) is 5.56 Å². The van der Waals surface area contributed by atoms with Gasteiger partial charge in [0.05, 0.1) is 10.1 Å². The van der Waals surface area contributed by atoms with Crippen molar-refractivity contribution in [1.82, 2.24) is 0 Å². The maximum absolute atomic E-state index is 11.8. The molecule has 4 heteroatoms. The van der Waals surface area contributed by atoms with Gasteiger partial charge in [-0.05, 0) is 19.9 Å². The van der Waals surface area contributed by atoms with Gasteiger partial charge in [0.25, 0.3) is 0 Å². The summed E-state index contributed by atoms with van der Waals surface area (Å²) in [6, 6.07) is 6.21. The molecule has 0 aliphatic heterocycles. The first-order chi connectivity index (χ1) is 6.50. The Kier molecular flexibility index (Phi) is 3.06. The molecule has 0 amide bonds. The molecule has 1 aromatic rings. The molecule has 14 heavy (non-hydrogen) atoms. The van der Waals surface area contributed by atoms with Gasteiger partial charge in [-0.1, -0.05) is 18.2 Å². The van der Waals surface area contributed by atoms with Gasteiger partial charge >= 0.3 is 0 Å². The molecule has 3 nitrogen and oxygen atoms in total. The molecule has 0 saturated heterocycles. The standard InChI is InChI=1S/C10H12O3S/c1-8(2)14(12,13)10-6-4-3-5-9(10)7-11/h3-8H,1-2H3. The summed E-state index contributed by atoms with van der Waals surface area (Å²) in [5, 5.41) is -0.511. The Labute approximate surface area is 83.7 Å². The number of benzene rings is 1. The molecule has 0 spiro atoms. The fraction of sp³-hybridized carbons (Fsp3) is 0.300. The molecule has 0 atom stereocenters. The van der Waals surface area contributed by atoms with E-state index in [2.05, 4.69) is 0 Å². The minimum absolute atomic E-state index is 0.116. The molecule has 0 bridgehead atoms. The van der Waals surface area contributed by atoms with Crippen LogP contribution in [0.2, 0.25) is 0 Å². The van der Waals surface area contributed by atoms with Crippen molar-refractivity contribution in [2.75, 3.05) is 0 Å². The van der Waals surface area contributed by atoms with Crippen LogP contribution in [0.1, 0.15) is 24.2 Å². The maximum Gasteiger partial charge on any atom is 0.181 e. The Morgan fingerprint density at radius 3 is 2.29 bits per heavy atom. The van der Waals surface area contributed by atoms with E-state index in [0.717, 1.165) is 0 Å². The molecular formula is C10H12O3S. The highest BCUT2D eigenvalue weighted by atomic mass is 32.2. The molecule has 0 heterocycles. The van der Waals surface area contributed by atoms with E-state index < -0.39 is 15.1 Å². The van der Waals surface area contributed by atoms with E-state index in [1.54, 1.807) is 26.0 Å². The zero-order valence-corrected chi connectivity index (χ0v) is 8.91. The summed E-state index contributed by atoms with van der Waals surface area (Å²) in [4.78, 5) is 10.7. The normalized spacial score (nSPS) is 11.6. The molecule has 1 rings (SSSR count). The highest BCUT2D eigenvalue weighted by molar-refractivity contribution is 7.92. The van der Waals surface area contributed by atoms with E-state index in [0.29, 0.717) is 6.29 Å². The topological polar surface area (TPSA) is 51.2 Å².